The van der Waals surface area contributed by atoms with Crippen LogP contribution < -0.4 is 5.32 Å². The molecule has 3 unspecified atom stereocenters. The zero-order chi connectivity index (χ0) is 22.8. The Labute approximate surface area is 189 Å². The summed E-state index contributed by atoms with van der Waals surface area (Å²) in [6.45, 7) is 0.870. The van der Waals surface area contributed by atoms with Gasteiger partial charge in [-0.25, -0.2) is 8.78 Å². The monoisotopic (exact) mass is 450 g/mol. The number of aromatic nitrogens is 3. The van der Waals surface area contributed by atoms with Crippen LogP contribution in [0, 0.1) is 11.6 Å². The van der Waals surface area contributed by atoms with Crippen LogP contribution in [0.4, 0.5) is 8.78 Å². The predicted molar refractivity (Wildman–Crippen MR) is 120 cm³/mol. The number of aliphatic hydroxyl groups excluding tert-OH is 1. The number of hydrogen-bond donors (Lipinski definition) is 3. The van der Waals surface area contributed by atoms with Gasteiger partial charge in [0.2, 0.25) is 0 Å². The number of H-pyrrole nitrogens is 1. The molecule has 1 aromatic heterocycles. The topological polar surface area (TPSA) is 83.1 Å². The summed E-state index contributed by atoms with van der Waals surface area (Å²) in [5.41, 5.74) is 4.33. The highest BCUT2D eigenvalue weighted by Gasteiger charge is 2.35. The standard InChI is InChI=1S/C25H24F2N4O2/c26-18-6-2-16(3-7-18)25(17-4-8-19(27)9-5-17)24-12-23(32)22(14-33-24)28-13-15-1-10-20-21(11-15)30-31-29-20/h1-11,22-25,28,32H,12-14H2,(H,29,30,31). The van der Waals surface area contributed by atoms with Gasteiger partial charge in [-0.05, 0) is 53.1 Å². The van der Waals surface area contributed by atoms with Crippen LogP contribution in [0.2, 0.25) is 0 Å². The van der Waals surface area contributed by atoms with Gasteiger partial charge in [-0.3, -0.25) is 0 Å². The SMILES string of the molecule is OC1CC(C(c2ccc(F)cc2)c2ccc(F)cc2)OCC1NCc1ccc2n[nH]nc2c1. The molecule has 1 aliphatic heterocycles. The molecule has 33 heavy (non-hydrogen) atoms. The van der Waals surface area contributed by atoms with Gasteiger partial charge >= 0.3 is 0 Å². The lowest BCUT2D eigenvalue weighted by Crippen LogP contribution is -2.50. The van der Waals surface area contributed by atoms with Crippen LogP contribution in [0.1, 0.15) is 29.0 Å². The van der Waals surface area contributed by atoms with E-state index in [0.29, 0.717) is 19.6 Å². The lowest BCUT2D eigenvalue weighted by molar-refractivity contribution is -0.0718. The van der Waals surface area contributed by atoms with E-state index in [-0.39, 0.29) is 29.7 Å². The number of benzene rings is 3. The molecule has 3 N–H and O–H groups in total. The van der Waals surface area contributed by atoms with Gasteiger partial charge in [-0.2, -0.15) is 15.4 Å². The molecule has 5 rings (SSSR count). The minimum Gasteiger partial charge on any atom is -0.391 e. The normalized spacial score (nSPS) is 21.0. The van der Waals surface area contributed by atoms with Crippen molar-refractivity contribution < 1.29 is 18.6 Å². The Hall–Kier alpha value is -3.20. The average Bonchev–Trinajstić information content (AvgIpc) is 3.29. The highest BCUT2D eigenvalue weighted by Crippen LogP contribution is 2.35. The van der Waals surface area contributed by atoms with Gasteiger partial charge < -0.3 is 15.2 Å². The lowest BCUT2D eigenvalue weighted by Gasteiger charge is -2.38. The second-order valence-electron chi connectivity index (χ2n) is 8.39. The van der Waals surface area contributed by atoms with E-state index in [1.807, 2.05) is 18.2 Å². The number of aromatic amines is 1. The molecule has 0 spiro atoms. The van der Waals surface area contributed by atoms with Crippen molar-refractivity contribution in [3.63, 3.8) is 0 Å². The summed E-state index contributed by atoms with van der Waals surface area (Å²) in [5, 5.41) is 25.0. The van der Waals surface area contributed by atoms with Crippen molar-refractivity contribution in [1.82, 2.24) is 20.7 Å². The molecule has 2 heterocycles. The number of fused-ring (bicyclic) bond motifs is 1. The van der Waals surface area contributed by atoms with Crippen molar-refractivity contribution in [3.8, 4) is 0 Å². The zero-order valence-corrected chi connectivity index (χ0v) is 17.8. The van der Waals surface area contributed by atoms with Gasteiger partial charge in [0, 0.05) is 18.9 Å². The number of ether oxygens (including phenoxy) is 1. The van der Waals surface area contributed by atoms with Crippen LogP contribution in [0.15, 0.2) is 66.7 Å². The van der Waals surface area contributed by atoms with Crippen molar-refractivity contribution in [2.75, 3.05) is 6.61 Å². The van der Waals surface area contributed by atoms with Gasteiger partial charge in [-0.15, -0.1) is 0 Å². The summed E-state index contributed by atoms with van der Waals surface area (Å²) in [7, 11) is 0. The van der Waals surface area contributed by atoms with Crippen LogP contribution in [-0.4, -0.2) is 45.4 Å². The smallest absolute Gasteiger partial charge is 0.123 e. The summed E-state index contributed by atoms with van der Waals surface area (Å²) in [5.74, 6) is -0.903. The number of hydrogen-bond acceptors (Lipinski definition) is 5. The molecule has 1 aliphatic rings. The first kappa shape index (κ1) is 21.6. The molecule has 1 fully saturated rings. The van der Waals surface area contributed by atoms with E-state index in [4.69, 9.17) is 4.74 Å². The second-order valence-corrected chi connectivity index (χ2v) is 8.39. The Bertz CT molecular complexity index is 1170. The van der Waals surface area contributed by atoms with E-state index in [9.17, 15) is 13.9 Å². The maximum absolute atomic E-state index is 13.5. The summed E-state index contributed by atoms with van der Waals surface area (Å²) >= 11 is 0. The number of nitrogens with zero attached hydrogens (tertiary/aromatic N) is 2. The molecule has 0 bridgehead atoms. The first-order valence-corrected chi connectivity index (χ1v) is 10.9. The van der Waals surface area contributed by atoms with E-state index in [2.05, 4.69) is 20.7 Å². The van der Waals surface area contributed by atoms with E-state index >= 15 is 0 Å². The van der Waals surface area contributed by atoms with Crippen LogP contribution in [0.5, 0.6) is 0 Å². The van der Waals surface area contributed by atoms with Gasteiger partial charge in [0.15, 0.2) is 0 Å². The fourth-order valence-electron chi connectivity index (χ4n) is 4.44. The lowest BCUT2D eigenvalue weighted by atomic mass is 9.82. The average molecular weight is 450 g/mol. The molecule has 0 saturated carbocycles. The van der Waals surface area contributed by atoms with Gasteiger partial charge in [0.25, 0.3) is 0 Å². The van der Waals surface area contributed by atoms with Crippen molar-refractivity contribution in [2.24, 2.45) is 0 Å². The van der Waals surface area contributed by atoms with Crippen molar-refractivity contribution in [1.29, 1.82) is 0 Å². The van der Waals surface area contributed by atoms with E-state index in [1.54, 1.807) is 24.3 Å². The Balaban J connectivity index is 1.29. The summed E-state index contributed by atoms with van der Waals surface area (Å²) < 4.78 is 33.2. The Morgan fingerprint density at radius 1 is 0.939 bits per heavy atom. The highest BCUT2D eigenvalue weighted by molar-refractivity contribution is 5.74. The third-order valence-electron chi connectivity index (χ3n) is 6.21. The summed E-state index contributed by atoms with van der Waals surface area (Å²) in [4.78, 5) is 0. The fraction of sp³-hybridized carbons (Fsp3) is 0.280. The maximum Gasteiger partial charge on any atom is 0.123 e. The first-order valence-electron chi connectivity index (χ1n) is 10.9. The zero-order valence-electron chi connectivity index (χ0n) is 17.8. The third kappa shape index (κ3) is 4.78. The molecular formula is C25H24F2N4O2. The molecular weight excluding hydrogens is 426 g/mol. The first-order chi connectivity index (χ1) is 16.1. The summed E-state index contributed by atoms with van der Waals surface area (Å²) in [6.07, 6.45) is -0.581. The Kier molecular flexibility index (Phi) is 6.13. The fourth-order valence-corrected chi connectivity index (χ4v) is 4.44. The van der Waals surface area contributed by atoms with Crippen molar-refractivity contribution >= 4 is 11.0 Å². The minimum absolute atomic E-state index is 0.239. The predicted octanol–water partition coefficient (Wildman–Crippen LogP) is 3.68. The van der Waals surface area contributed by atoms with Crippen LogP contribution in [0.3, 0.4) is 0 Å². The molecule has 3 atom stereocenters. The molecule has 3 aromatic carbocycles. The Morgan fingerprint density at radius 3 is 2.21 bits per heavy atom. The molecule has 170 valence electrons. The van der Waals surface area contributed by atoms with Crippen LogP contribution in [0.25, 0.3) is 11.0 Å². The van der Waals surface area contributed by atoms with Gasteiger partial charge in [0.1, 0.15) is 22.7 Å². The van der Waals surface area contributed by atoms with E-state index < -0.39 is 6.10 Å². The van der Waals surface area contributed by atoms with E-state index in [1.165, 1.54) is 24.3 Å². The van der Waals surface area contributed by atoms with Crippen molar-refractivity contribution in [2.45, 2.75) is 37.1 Å². The highest BCUT2D eigenvalue weighted by atomic mass is 19.1. The van der Waals surface area contributed by atoms with Crippen LogP contribution >= 0.6 is 0 Å². The number of aliphatic hydroxyl groups is 1. The number of rotatable bonds is 6. The Morgan fingerprint density at radius 2 is 1.58 bits per heavy atom. The molecule has 6 nitrogen and oxygen atoms in total. The molecule has 0 radical (unpaired) electrons. The van der Waals surface area contributed by atoms with Crippen molar-refractivity contribution in [3.05, 3.63) is 95.1 Å². The molecule has 0 aliphatic carbocycles. The largest absolute Gasteiger partial charge is 0.391 e. The quantitative estimate of drug-likeness (QED) is 0.418. The number of nitrogens with one attached hydrogen (secondary N) is 2. The second kappa shape index (κ2) is 9.35. The third-order valence-corrected chi connectivity index (χ3v) is 6.21. The van der Waals surface area contributed by atoms with Gasteiger partial charge in [-0.1, -0.05) is 30.3 Å². The molecule has 8 heteroatoms. The summed E-state index contributed by atoms with van der Waals surface area (Å²) in [6, 6.07) is 18.0. The molecule has 4 aromatic rings. The van der Waals surface area contributed by atoms with Gasteiger partial charge in [0.05, 0.1) is 24.9 Å². The maximum atomic E-state index is 13.5. The minimum atomic E-state index is -0.636. The number of halogens is 2. The van der Waals surface area contributed by atoms with E-state index in [0.717, 1.165) is 27.7 Å². The molecule has 1 saturated heterocycles. The molecule has 0 amide bonds. The van der Waals surface area contributed by atoms with Crippen LogP contribution in [-0.2, 0) is 11.3 Å².